The summed E-state index contributed by atoms with van der Waals surface area (Å²) in [4.78, 5) is 14.4. The van der Waals surface area contributed by atoms with Crippen molar-refractivity contribution in [2.24, 2.45) is 0 Å². The van der Waals surface area contributed by atoms with Crippen molar-refractivity contribution in [3.05, 3.63) is 59.2 Å². The molecule has 0 atom stereocenters. The topological polar surface area (TPSA) is 77.6 Å². The quantitative estimate of drug-likeness (QED) is 0.231. The van der Waals surface area contributed by atoms with Crippen LogP contribution in [0.2, 0.25) is 5.02 Å². The van der Waals surface area contributed by atoms with Gasteiger partial charge in [0.1, 0.15) is 10.8 Å². The van der Waals surface area contributed by atoms with Crippen LogP contribution in [-0.4, -0.2) is 60.2 Å². The molecule has 2 aromatic carbocycles. The average Bonchev–Trinajstić information content (AvgIpc) is 3.57. The predicted molar refractivity (Wildman–Crippen MR) is 173 cm³/mol. The van der Waals surface area contributed by atoms with Gasteiger partial charge >= 0.3 is 0 Å². The SMILES string of the molecule is COc1cc(N2CCC(N3CCCCC3)CC2)ccc1Nc1ncc(Cl)c(Nc2ccccc2CNC2CCCC2)n1. The number of piperidine rings is 2. The van der Waals surface area contributed by atoms with Gasteiger partial charge in [0.25, 0.3) is 0 Å². The van der Waals surface area contributed by atoms with Crippen LogP contribution in [0.4, 0.5) is 28.8 Å². The zero-order valence-corrected chi connectivity index (χ0v) is 25.5. The van der Waals surface area contributed by atoms with E-state index in [-0.39, 0.29) is 0 Å². The molecule has 0 unspecified atom stereocenters. The van der Waals surface area contributed by atoms with E-state index in [0.29, 0.717) is 22.8 Å². The molecule has 2 aliphatic heterocycles. The number of halogens is 1. The van der Waals surface area contributed by atoms with Gasteiger partial charge in [0.15, 0.2) is 5.82 Å². The molecule has 6 rings (SSSR count). The number of ether oxygens (including phenoxy) is 1. The molecule has 2 saturated heterocycles. The molecular formula is C33H44ClN7O. The van der Waals surface area contributed by atoms with E-state index in [9.17, 15) is 0 Å². The van der Waals surface area contributed by atoms with Gasteiger partial charge < -0.3 is 30.5 Å². The molecule has 1 aromatic heterocycles. The summed E-state index contributed by atoms with van der Waals surface area (Å²) in [5.74, 6) is 1.79. The van der Waals surface area contributed by atoms with E-state index >= 15 is 0 Å². The molecule has 224 valence electrons. The Hall–Kier alpha value is -3.07. The molecule has 3 aromatic rings. The molecule has 0 radical (unpaired) electrons. The third kappa shape index (κ3) is 7.10. The summed E-state index contributed by atoms with van der Waals surface area (Å²) in [6, 6.07) is 16.0. The highest BCUT2D eigenvalue weighted by Gasteiger charge is 2.26. The molecule has 0 bridgehead atoms. The number of hydrogen-bond acceptors (Lipinski definition) is 8. The number of aromatic nitrogens is 2. The van der Waals surface area contributed by atoms with Gasteiger partial charge in [0.2, 0.25) is 5.95 Å². The van der Waals surface area contributed by atoms with E-state index in [1.54, 1.807) is 13.3 Å². The largest absolute Gasteiger partial charge is 0.494 e. The second-order valence-corrected chi connectivity index (χ2v) is 12.3. The van der Waals surface area contributed by atoms with Crippen LogP contribution in [0.25, 0.3) is 0 Å². The Morgan fingerprint density at radius 3 is 2.45 bits per heavy atom. The van der Waals surface area contributed by atoms with Crippen LogP contribution in [0, 0.1) is 0 Å². The number of likely N-dealkylation sites (tertiary alicyclic amines) is 1. The standard InChI is InChI=1S/C33H44ClN7O/c1-42-31-21-27(41-19-15-26(16-20-41)40-17-7-2-8-18-40)13-14-30(31)38-33-36-23-28(34)32(39-33)37-29-12-6-3-9-24(29)22-35-25-10-4-5-11-25/h3,6,9,12-14,21,23,25-26,35H,2,4-5,7-8,10-11,15-20,22H2,1H3,(H2,36,37,38,39). The molecule has 8 nitrogen and oxygen atoms in total. The fourth-order valence-electron chi connectivity index (χ4n) is 6.70. The molecule has 0 amide bonds. The van der Waals surface area contributed by atoms with Crippen LogP contribution in [0.15, 0.2) is 48.7 Å². The minimum atomic E-state index is 0.455. The van der Waals surface area contributed by atoms with Gasteiger partial charge in [-0.1, -0.05) is 49.1 Å². The maximum Gasteiger partial charge on any atom is 0.229 e. The van der Waals surface area contributed by atoms with Crippen LogP contribution in [0.3, 0.4) is 0 Å². The lowest BCUT2D eigenvalue weighted by molar-refractivity contribution is 0.141. The summed E-state index contributed by atoms with van der Waals surface area (Å²) in [5.41, 5.74) is 4.18. The highest BCUT2D eigenvalue weighted by atomic mass is 35.5. The number of methoxy groups -OCH3 is 1. The third-order valence-electron chi connectivity index (χ3n) is 9.12. The summed E-state index contributed by atoms with van der Waals surface area (Å²) in [6.45, 7) is 5.50. The summed E-state index contributed by atoms with van der Waals surface area (Å²) in [5, 5.41) is 11.0. The Morgan fingerprint density at radius 1 is 0.881 bits per heavy atom. The van der Waals surface area contributed by atoms with Gasteiger partial charge in [-0.3, -0.25) is 0 Å². The van der Waals surface area contributed by atoms with Crippen molar-refractivity contribution in [3.8, 4) is 5.75 Å². The normalized spacial score (nSPS) is 18.8. The van der Waals surface area contributed by atoms with E-state index < -0.39 is 0 Å². The van der Waals surface area contributed by atoms with E-state index in [0.717, 1.165) is 42.8 Å². The van der Waals surface area contributed by atoms with Crippen molar-refractivity contribution in [2.45, 2.75) is 76.4 Å². The van der Waals surface area contributed by atoms with Crippen LogP contribution < -0.4 is 25.6 Å². The summed E-state index contributed by atoms with van der Waals surface area (Å²) < 4.78 is 5.80. The Bertz CT molecular complexity index is 1320. The highest BCUT2D eigenvalue weighted by Crippen LogP contribution is 2.34. The third-order valence-corrected chi connectivity index (χ3v) is 9.40. The molecule has 42 heavy (non-hydrogen) atoms. The van der Waals surface area contributed by atoms with Gasteiger partial charge in [-0.25, -0.2) is 4.98 Å². The predicted octanol–water partition coefficient (Wildman–Crippen LogP) is 7.11. The van der Waals surface area contributed by atoms with E-state index in [4.69, 9.17) is 21.3 Å². The first-order chi connectivity index (χ1) is 20.7. The molecule has 1 aliphatic carbocycles. The first-order valence-electron chi connectivity index (χ1n) is 15.7. The lowest BCUT2D eigenvalue weighted by Crippen LogP contribution is -2.46. The molecular weight excluding hydrogens is 546 g/mol. The van der Waals surface area contributed by atoms with Crippen molar-refractivity contribution in [3.63, 3.8) is 0 Å². The monoisotopic (exact) mass is 589 g/mol. The maximum absolute atomic E-state index is 6.54. The van der Waals surface area contributed by atoms with Gasteiger partial charge in [-0.2, -0.15) is 4.98 Å². The molecule has 1 saturated carbocycles. The van der Waals surface area contributed by atoms with Crippen LogP contribution >= 0.6 is 11.6 Å². The Labute approximate surface area is 255 Å². The Kier molecular flexibility index (Phi) is 9.63. The van der Waals surface area contributed by atoms with Gasteiger partial charge in [-0.15, -0.1) is 0 Å². The molecule has 3 aliphatic rings. The van der Waals surface area contributed by atoms with Crippen molar-refractivity contribution < 1.29 is 4.74 Å². The van der Waals surface area contributed by atoms with Crippen LogP contribution in [0.1, 0.15) is 63.4 Å². The number of rotatable bonds is 10. The average molecular weight is 590 g/mol. The van der Waals surface area contributed by atoms with Crippen molar-refractivity contribution in [1.82, 2.24) is 20.2 Å². The van der Waals surface area contributed by atoms with Gasteiger partial charge in [-0.05, 0) is 75.4 Å². The lowest BCUT2D eigenvalue weighted by atomic mass is 9.99. The minimum Gasteiger partial charge on any atom is -0.494 e. The molecule has 3 heterocycles. The first kappa shape index (κ1) is 29.0. The number of benzene rings is 2. The summed E-state index contributed by atoms with van der Waals surface area (Å²) >= 11 is 6.54. The summed E-state index contributed by atoms with van der Waals surface area (Å²) in [6.07, 6.45) is 13.3. The van der Waals surface area contributed by atoms with Gasteiger partial charge in [0, 0.05) is 49.2 Å². The second-order valence-electron chi connectivity index (χ2n) is 11.9. The lowest BCUT2D eigenvalue weighted by Gasteiger charge is -2.41. The second kappa shape index (κ2) is 13.9. The summed E-state index contributed by atoms with van der Waals surface area (Å²) in [7, 11) is 1.71. The number of para-hydroxylation sites is 1. The maximum atomic E-state index is 6.54. The van der Waals surface area contributed by atoms with Crippen LogP contribution in [-0.2, 0) is 6.54 Å². The number of nitrogens with zero attached hydrogens (tertiary/aromatic N) is 4. The van der Waals surface area contributed by atoms with E-state index in [1.807, 2.05) is 6.07 Å². The first-order valence-corrected chi connectivity index (χ1v) is 16.1. The van der Waals surface area contributed by atoms with E-state index in [2.05, 4.69) is 67.1 Å². The van der Waals surface area contributed by atoms with Gasteiger partial charge in [0.05, 0.1) is 19.0 Å². The molecule has 3 fully saturated rings. The molecule has 9 heteroatoms. The van der Waals surface area contributed by atoms with Crippen LogP contribution in [0.5, 0.6) is 5.75 Å². The van der Waals surface area contributed by atoms with Crippen molar-refractivity contribution in [1.29, 1.82) is 0 Å². The Morgan fingerprint density at radius 2 is 1.67 bits per heavy atom. The molecule has 0 spiro atoms. The highest BCUT2D eigenvalue weighted by molar-refractivity contribution is 6.32. The fraction of sp³-hybridized carbons (Fsp3) is 0.515. The smallest absolute Gasteiger partial charge is 0.229 e. The fourth-order valence-corrected chi connectivity index (χ4v) is 6.83. The number of anilines is 5. The van der Waals surface area contributed by atoms with Crippen molar-refractivity contribution >= 4 is 40.4 Å². The van der Waals surface area contributed by atoms with Crippen molar-refractivity contribution in [2.75, 3.05) is 48.8 Å². The molecule has 3 N–H and O–H groups in total. The van der Waals surface area contributed by atoms with E-state index in [1.165, 1.54) is 82.1 Å². The minimum absolute atomic E-state index is 0.455. The Balaban J connectivity index is 1.11. The number of hydrogen-bond donors (Lipinski definition) is 3. The zero-order chi connectivity index (χ0) is 28.7. The zero-order valence-electron chi connectivity index (χ0n) is 24.7. The number of nitrogens with one attached hydrogen (secondary N) is 3.